The zero-order chi connectivity index (χ0) is 27.0. The number of benzene rings is 3. The molecule has 4 aromatic rings. The van der Waals surface area contributed by atoms with E-state index in [0.29, 0.717) is 27.6 Å². The van der Waals surface area contributed by atoms with Gasteiger partial charge in [-0.2, -0.15) is 0 Å². The first kappa shape index (κ1) is 25.4. The average molecular weight is 550 g/mol. The van der Waals surface area contributed by atoms with Crippen LogP contribution < -0.4 is 9.64 Å². The molecule has 0 bridgehead atoms. The number of fused-ring (bicyclic) bond motifs is 1. The van der Waals surface area contributed by atoms with Crippen molar-refractivity contribution >= 4 is 61.4 Å². The van der Waals surface area contributed by atoms with Gasteiger partial charge in [0.15, 0.2) is 5.13 Å². The molecule has 0 spiro atoms. The molecular weight excluding hydrogens is 530 g/mol. The van der Waals surface area contributed by atoms with Crippen LogP contribution in [-0.2, 0) is 9.59 Å². The van der Waals surface area contributed by atoms with Crippen LogP contribution >= 0.6 is 22.9 Å². The van der Waals surface area contributed by atoms with Gasteiger partial charge < -0.3 is 9.84 Å². The number of non-ortho nitro benzene ring substituents is 1. The Morgan fingerprint density at radius 3 is 2.71 bits per heavy atom. The SMILES string of the molecule is CCCOc1cccc(C(O)=C2C(=O)C(=O)N(c3nc4ccc(Cl)cc4s3)C2c2cccc([N+](=O)[O-])c2)c1. The van der Waals surface area contributed by atoms with Crippen LogP contribution in [0.3, 0.4) is 0 Å². The molecule has 38 heavy (non-hydrogen) atoms. The summed E-state index contributed by atoms with van der Waals surface area (Å²) in [6, 6.07) is 16.0. The summed E-state index contributed by atoms with van der Waals surface area (Å²) in [4.78, 5) is 43.5. The lowest BCUT2D eigenvalue weighted by Gasteiger charge is -2.22. The highest BCUT2D eigenvalue weighted by atomic mass is 35.5. The van der Waals surface area contributed by atoms with Crippen molar-refractivity contribution < 1.29 is 24.4 Å². The highest BCUT2D eigenvalue weighted by molar-refractivity contribution is 7.22. The number of hydrogen-bond donors (Lipinski definition) is 1. The van der Waals surface area contributed by atoms with Gasteiger partial charge in [0.1, 0.15) is 11.5 Å². The van der Waals surface area contributed by atoms with Crippen molar-refractivity contribution in [1.82, 2.24) is 4.98 Å². The van der Waals surface area contributed by atoms with Crippen LogP contribution in [0.15, 0.2) is 72.3 Å². The van der Waals surface area contributed by atoms with Crippen LogP contribution in [0.4, 0.5) is 10.8 Å². The smallest absolute Gasteiger partial charge is 0.301 e. The number of nitro benzene ring substituents is 1. The maximum atomic E-state index is 13.4. The number of hydrogen-bond acceptors (Lipinski definition) is 8. The van der Waals surface area contributed by atoms with Gasteiger partial charge in [0.2, 0.25) is 0 Å². The number of nitrogens with zero attached hydrogens (tertiary/aromatic N) is 3. The van der Waals surface area contributed by atoms with Crippen molar-refractivity contribution in [2.75, 3.05) is 11.5 Å². The fraction of sp³-hybridized carbons (Fsp3) is 0.148. The minimum absolute atomic E-state index is 0.194. The number of aliphatic hydroxyl groups excluding tert-OH is 1. The Balaban J connectivity index is 1.71. The van der Waals surface area contributed by atoms with E-state index >= 15 is 0 Å². The lowest BCUT2D eigenvalue weighted by Crippen LogP contribution is -2.29. The summed E-state index contributed by atoms with van der Waals surface area (Å²) in [7, 11) is 0. The van der Waals surface area contributed by atoms with Gasteiger partial charge in [0.25, 0.3) is 11.5 Å². The number of ether oxygens (including phenoxy) is 1. The third-order valence-electron chi connectivity index (χ3n) is 5.97. The fourth-order valence-electron chi connectivity index (χ4n) is 4.25. The summed E-state index contributed by atoms with van der Waals surface area (Å²) < 4.78 is 6.34. The third kappa shape index (κ3) is 4.59. The van der Waals surface area contributed by atoms with Gasteiger partial charge in [-0.15, -0.1) is 0 Å². The predicted octanol–water partition coefficient (Wildman–Crippen LogP) is 6.27. The topological polar surface area (TPSA) is 123 Å². The normalized spacial score (nSPS) is 16.8. The Morgan fingerprint density at radius 1 is 1.16 bits per heavy atom. The number of aromatic nitrogens is 1. The second-order valence-electron chi connectivity index (χ2n) is 8.51. The molecule has 0 saturated carbocycles. The van der Waals surface area contributed by atoms with Crippen LogP contribution in [0.25, 0.3) is 16.0 Å². The molecule has 0 aliphatic carbocycles. The summed E-state index contributed by atoms with van der Waals surface area (Å²) in [5.41, 5.74) is 0.674. The van der Waals surface area contributed by atoms with E-state index in [1.807, 2.05) is 6.92 Å². The number of Topliss-reactive ketones (excluding diaryl/α,β-unsaturated/α-hetero) is 1. The number of aliphatic hydroxyl groups is 1. The third-order valence-corrected chi connectivity index (χ3v) is 7.22. The molecule has 1 aliphatic rings. The number of nitro groups is 1. The zero-order valence-electron chi connectivity index (χ0n) is 20.0. The number of anilines is 1. The lowest BCUT2D eigenvalue weighted by molar-refractivity contribution is -0.384. The summed E-state index contributed by atoms with van der Waals surface area (Å²) in [5, 5.41) is 23.6. The number of carbonyl (C=O) groups excluding carboxylic acids is 2. The van der Waals surface area contributed by atoms with E-state index in [1.165, 1.54) is 23.1 Å². The first-order valence-corrected chi connectivity index (χ1v) is 12.8. The minimum Gasteiger partial charge on any atom is -0.507 e. The molecule has 0 radical (unpaired) electrons. The Labute approximate surface area is 225 Å². The minimum atomic E-state index is -1.16. The number of halogens is 1. The van der Waals surface area contributed by atoms with Gasteiger partial charge in [0.05, 0.1) is 33.4 Å². The summed E-state index contributed by atoms with van der Waals surface area (Å²) >= 11 is 7.26. The molecule has 1 aliphatic heterocycles. The van der Waals surface area contributed by atoms with E-state index in [9.17, 15) is 24.8 Å². The van der Waals surface area contributed by atoms with Crippen molar-refractivity contribution in [1.29, 1.82) is 0 Å². The van der Waals surface area contributed by atoms with Gasteiger partial charge in [-0.05, 0) is 42.3 Å². The number of thiazole rings is 1. The van der Waals surface area contributed by atoms with Crippen LogP contribution in [0.5, 0.6) is 5.75 Å². The van der Waals surface area contributed by atoms with Crippen LogP contribution in [0.2, 0.25) is 5.02 Å². The monoisotopic (exact) mass is 549 g/mol. The molecule has 1 N–H and O–H groups in total. The molecule has 1 saturated heterocycles. The Morgan fingerprint density at radius 2 is 1.95 bits per heavy atom. The van der Waals surface area contributed by atoms with Crippen LogP contribution in [-0.4, -0.2) is 33.3 Å². The second-order valence-corrected chi connectivity index (χ2v) is 9.95. The van der Waals surface area contributed by atoms with Crippen molar-refractivity contribution in [2.45, 2.75) is 19.4 Å². The highest BCUT2D eigenvalue weighted by Crippen LogP contribution is 2.45. The first-order chi connectivity index (χ1) is 18.3. The summed E-state index contributed by atoms with van der Waals surface area (Å²) in [5.74, 6) is -1.78. The van der Waals surface area contributed by atoms with Crippen molar-refractivity contribution in [3.8, 4) is 5.75 Å². The molecule has 2 heterocycles. The molecule has 9 nitrogen and oxygen atoms in total. The quantitative estimate of drug-likeness (QED) is 0.0946. The molecule has 1 amide bonds. The van der Waals surface area contributed by atoms with Crippen LogP contribution in [0, 0.1) is 10.1 Å². The molecule has 11 heteroatoms. The first-order valence-electron chi connectivity index (χ1n) is 11.6. The molecule has 192 valence electrons. The van der Waals surface area contributed by atoms with E-state index in [0.717, 1.165) is 17.8 Å². The average Bonchev–Trinajstić information content (AvgIpc) is 3.44. The maximum Gasteiger partial charge on any atom is 0.301 e. The van der Waals surface area contributed by atoms with Gasteiger partial charge in [0, 0.05) is 22.7 Å². The molecule has 3 aromatic carbocycles. The Bertz CT molecular complexity index is 1630. The van der Waals surface area contributed by atoms with E-state index in [4.69, 9.17) is 16.3 Å². The van der Waals surface area contributed by atoms with E-state index < -0.39 is 28.4 Å². The standard InChI is InChI=1S/C27H20ClN3O6S/c1-2-11-37-19-8-4-6-16(13-19)24(32)22-23(15-5-3-7-18(12-15)31(35)36)30(26(34)25(22)33)27-29-20-10-9-17(28)14-21(20)38-27/h3-10,12-14,23,32H,2,11H2,1H3. The van der Waals surface area contributed by atoms with Crippen LogP contribution in [0.1, 0.15) is 30.5 Å². The van der Waals surface area contributed by atoms with Gasteiger partial charge in [-0.1, -0.05) is 54.1 Å². The number of ketones is 1. The Kier molecular flexibility index (Phi) is 6.83. The maximum absolute atomic E-state index is 13.4. The lowest BCUT2D eigenvalue weighted by atomic mass is 9.95. The number of rotatable bonds is 7. The molecule has 1 aromatic heterocycles. The molecule has 1 fully saturated rings. The van der Waals surface area contributed by atoms with Crippen molar-refractivity contribution in [3.63, 3.8) is 0 Å². The van der Waals surface area contributed by atoms with E-state index in [-0.39, 0.29) is 27.5 Å². The molecular formula is C27H20ClN3O6S. The molecule has 1 unspecified atom stereocenters. The fourth-order valence-corrected chi connectivity index (χ4v) is 5.52. The summed E-state index contributed by atoms with van der Waals surface area (Å²) in [6.07, 6.45) is 0.779. The van der Waals surface area contributed by atoms with Crippen molar-refractivity contribution in [2.24, 2.45) is 0 Å². The number of amides is 1. The van der Waals surface area contributed by atoms with Gasteiger partial charge >= 0.3 is 5.91 Å². The Hall–Kier alpha value is -4.28. The molecule has 1 atom stereocenters. The zero-order valence-corrected chi connectivity index (χ0v) is 21.5. The highest BCUT2D eigenvalue weighted by Gasteiger charge is 2.48. The molecule has 5 rings (SSSR count). The summed E-state index contributed by atoms with van der Waals surface area (Å²) in [6.45, 7) is 2.42. The van der Waals surface area contributed by atoms with Gasteiger partial charge in [-0.3, -0.25) is 24.6 Å². The van der Waals surface area contributed by atoms with E-state index in [1.54, 1.807) is 48.5 Å². The predicted molar refractivity (Wildman–Crippen MR) is 145 cm³/mol. The largest absolute Gasteiger partial charge is 0.507 e. The van der Waals surface area contributed by atoms with E-state index in [2.05, 4.69) is 4.98 Å². The van der Waals surface area contributed by atoms with Gasteiger partial charge in [-0.25, -0.2) is 4.98 Å². The van der Waals surface area contributed by atoms with Crippen molar-refractivity contribution in [3.05, 3.63) is 98.6 Å². The number of carbonyl (C=O) groups is 2. The second kappa shape index (κ2) is 10.2.